The van der Waals surface area contributed by atoms with Crippen LogP contribution < -0.4 is 5.73 Å². The zero-order valence-corrected chi connectivity index (χ0v) is 11.7. The highest BCUT2D eigenvalue weighted by Gasteiger charge is 2.26. The van der Waals surface area contributed by atoms with Gasteiger partial charge in [0.15, 0.2) is 0 Å². The summed E-state index contributed by atoms with van der Waals surface area (Å²) in [5.41, 5.74) is 6.93. The zero-order valence-electron chi connectivity index (χ0n) is 9.33. The summed E-state index contributed by atoms with van der Waals surface area (Å²) in [6.45, 7) is 1.47. The summed E-state index contributed by atoms with van der Waals surface area (Å²) < 4.78 is 6.12. The van der Waals surface area contributed by atoms with Gasteiger partial charge in [-0.25, -0.2) is 0 Å². The van der Waals surface area contributed by atoms with E-state index in [1.807, 2.05) is 6.07 Å². The molecule has 94 valence electrons. The van der Waals surface area contributed by atoms with Crippen molar-refractivity contribution in [3.63, 3.8) is 0 Å². The fourth-order valence-corrected chi connectivity index (χ4v) is 2.93. The maximum Gasteiger partial charge on any atom is 0.140 e. The fourth-order valence-electron chi connectivity index (χ4n) is 2.18. The van der Waals surface area contributed by atoms with E-state index in [9.17, 15) is 5.11 Å². The van der Waals surface area contributed by atoms with Gasteiger partial charge in [-0.1, -0.05) is 27.5 Å². The lowest BCUT2D eigenvalue weighted by atomic mass is 9.87. The van der Waals surface area contributed by atoms with Crippen molar-refractivity contribution in [2.24, 2.45) is 11.7 Å². The van der Waals surface area contributed by atoms with E-state index >= 15 is 0 Å². The number of rotatable bonds is 2. The molecule has 0 spiro atoms. The van der Waals surface area contributed by atoms with E-state index in [0.717, 1.165) is 30.5 Å². The Morgan fingerprint density at radius 2 is 2.06 bits per heavy atom. The van der Waals surface area contributed by atoms with Crippen LogP contribution in [0.4, 0.5) is 0 Å². The Kier molecular flexibility index (Phi) is 4.31. The molecule has 1 aliphatic rings. The minimum Gasteiger partial charge on any atom is -0.506 e. The van der Waals surface area contributed by atoms with Crippen molar-refractivity contribution in [2.75, 3.05) is 13.2 Å². The van der Waals surface area contributed by atoms with Gasteiger partial charge in [0.2, 0.25) is 0 Å². The van der Waals surface area contributed by atoms with Crippen LogP contribution in [0.5, 0.6) is 5.75 Å². The van der Waals surface area contributed by atoms with Crippen molar-refractivity contribution in [3.05, 3.63) is 27.2 Å². The third kappa shape index (κ3) is 2.76. The molecule has 0 amide bonds. The third-order valence-corrected chi connectivity index (χ3v) is 4.22. The van der Waals surface area contributed by atoms with E-state index in [1.54, 1.807) is 6.07 Å². The Morgan fingerprint density at radius 1 is 1.41 bits per heavy atom. The fraction of sp³-hybridized carbons (Fsp3) is 0.500. The molecular weight excluding hydrogens is 305 g/mol. The van der Waals surface area contributed by atoms with Crippen LogP contribution >= 0.6 is 27.5 Å². The van der Waals surface area contributed by atoms with Crippen LogP contribution in [0.25, 0.3) is 0 Å². The number of ether oxygens (including phenoxy) is 1. The van der Waals surface area contributed by atoms with Crippen molar-refractivity contribution in [1.29, 1.82) is 0 Å². The molecular formula is C12H15BrClNO2. The van der Waals surface area contributed by atoms with Gasteiger partial charge in [-0.15, -0.1) is 0 Å². The molecule has 3 nitrogen and oxygen atoms in total. The van der Waals surface area contributed by atoms with Gasteiger partial charge in [0.05, 0.1) is 5.02 Å². The number of nitrogens with two attached hydrogens (primary N) is 1. The summed E-state index contributed by atoms with van der Waals surface area (Å²) >= 11 is 9.34. The van der Waals surface area contributed by atoms with Crippen LogP contribution in [0.3, 0.4) is 0 Å². The first kappa shape index (κ1) is 13.1. The number of hydrogen-bond acceptors (Lipinski definition) is 3. The van der Waals surface area contributed by atoms with Gasteiger partial charge in [-0.05, 0) is 30.9 Å². The van der Waals surface area contributed by atoms with E-state index in [-0.39, 0.29) is 11.8 Å². The maximum absolute atomic E-state index is 10.0. The predicted molar refractivity (Wildman–Crippen MR) is 71.3 cm³/mol. The van der Waals surface area contributed by atoms with Crippen LogP contribution in [0, 0.1) is 5.92 Å². The number of hydrogen-bond donors (Lipinski definition) is 2. The monoisotopic (exact) mass is 319 g/mol. The molecule has 5 heteroatoms. The molecule has 0 aromatic heterocycles. The second-order valence-corrected chi connectivity index (χ2v) is 5.53. The van der Waals surface area contributed by atoms with Crippen LogP contribution in [0.2, 0.25) is 5.02 Å². The summed E-state index contributed by atoms with van der Waals surface area (Å²) in [6.07, 6.45) is 1.83. The first-order valence-corrected chi connectivity index (χ1v) is 6.78. The average Bonchev–Trinajstić information content (AvgIpc) is 2.35. The quantitative estimate of drug-likeness (QED) is 0.879. The largest absolute Gasteiger partial charge is 0.506 e. The third-order valence-electron chi connectivity index (χ3n) is 3.22. The Morgan fingerprint density at radius 3 is 2.71 bits per heavy atom. The molecule has 3 N–H and O–H groups in total. The minimum absolute atomic E-state index is 0.0834. The standard InChI is InChI=1S/C12H15BrClNO2/c13-8-1-2-9(14)12(16)10(8)11(15)7-3-5-17-6-4-7/h1-2,7,11,16H,3-6,15H2/t11-/m1/s1. The lowest BCUT2D eigenvalue weighted by Gasteiger charge is -2.29. The van der Waals surface area contributed by atoms with Crippen LogP contribution in [-0.2, 0) is 4.74 Å². The van der Waals surface area contributed by atoms with Crippen molar-refractivity contribution < 1.29 is 9.84 Å². The van der Waals surface area contributed by atoms with E-state index < -0.39 is 0 Å². The molecule has 0 saturated carbocycles. The normalized spacial score (nSPS) is 19.2. The van der Waals surface area contributed by atoms with Gasteiger partial charge in [0.1, 0.15) is 5.75 Å². The Hall–Kier alpha value is -0.290. The molecule has 1 aromatic carbocycles. The van der Waals surface area contributed by atoms with Gasteiger partial charge in [0.25, 0.3) is 0 Å². The zero-order chi connectivity index (χ0) is 12.4. The van der Waals surface area contributed by atoms with Crippen molar-refractivity contribution in [2.45, 2.75) is 18.9 Å². The molecule has 0 unspecified atom stereocenters. The Labute approximate surface area is 114 Å². The van der Waals surface area contributed by atoms with E-state index in [0.29, 0.717) is 16.5 Å². The van der Waals surface area contributed by atoms with E-state index in [2.05, 4.69) is 15.9 Å². The molecule has 1 heterocycles. The maximum atomic E-state index is 10.0. The van der Waals surface area contributed by atoms with Gasteiger partial charge < -0.3 is 15.6 Å². The van der Waals surface area contributed by atoms with Gasteiger partial charge >= 0.3 is 0 Å². The smallest absolute Gasteiger partial charge is 0.140 e. The molecule has 0 aliphatic carbocycles. The molecule has 2 rings (SSSR count). The lowest BCUT2D eigenvalue weighted by Crippen LogP contribution is -2.27. The number of phenols is 1. The molecule has 17 heavy (non-hydrogen) atoms. The Balaban J connectivity index is 2.29. The summed E-state index contributed by atoms with van der Waals surface area (Å²) in [6, 6.07) is 3.25. The first-order chi connectivity index (χ1) is 8.11. The summed E-state index contributed by atoms with van der Waals surface area (Å²) in [4.78, 5) is 0. The molecule has 1 aromatic rings. The molecule has 1 aliphatic heterocycles. The molecule has 0 bridgehead atoms. The average molecular weight is 321 g/mol. The predicted octanol–water partition coefficient (Wildman–Crippen LogP) is 3.23. The highest BCUT2D eigenvalue weighted by Crippen LogP contribution is 2.40. The summed E-state index contributed by atoms with van der Waals surface area (Å²) in [5, 5.41) is 10.3. The molecule has 0 radical (unpaired) electrons. The van der Waals surface area contributed by atoms with Gasteiger partial charge in [-0.3, -0.25) is 0 Å². The van der Waals surface area contributed by atoms with Crippen molar-refractivity contribution in [3.8, 4) is 5.75 Å². The highest BCUT2D eigenvalue weighted by atomic mass is 79.9. The highest BCUT2D eigenvalue weighted by molar-refractivity contribution is 9.10. The second kappa shape index (κ2) is 5.57. The van der Waals surface area contributed by atoms with Crippen LogP contribution in [0.15, 0.2) is 16.6 Å². The van der Waals surface area contributed by atoms with E-state index in [4.69, 9.17) is 22.1 Å². The Bertz CT molecular complexity index is 408. The number of phenolic OH excluding ortho intramolecular Hbond substituents is 1. The summed E-state index contributed by atoms with van der Waals surface area (Å²) in [5.74, 6) is 0.407. The van der Waals surface area contributed by atoms with Crippen LogP contribution in [0.1, 0.15) is 24.4 Å². The SMILES string of the molecule is N[C@@H](c1c(Br)ccc(Cl)c1O)C1CCOCC1. The molecule has 1 fully saturated rings. The van der Waals surface area contributed by atoms with Crippen molar-refractivity contribution >= 4 is 27.5 Å². The van der Waals surface area contributed by atoms with Crippen molar-refractivity contribution in [1.82, 2.24) is 0 Å². The second-order valence-electron chi connectivity index (χ2n) is 4.27. The van der Waals surface area contributed by atoms with E-state index in [1.165, 1.54) is 0 Å². The van der Waals surface area contributed by atoms with Gasteiger partial charge in [-0.2, -0.15) is 0 Å². The first-order valence-electron chi connectivity index (χ1n) is 5.61. The number of aromatic hydroxyl groups is 1. The molecule has 1 atom stereocenters. The lowest BCUT2D eigenvalue weighted by molar-refractivity contribution is 0.0580. The summed E-state index contributed by atoms with van der Waals surface area (Å²) in [7, 11) is 0. The number of benzene rings is 1. The van der Waals surface area contributed by atoms with Crippen LogP contribution in [-0.4, -0.2) is 18.3 Å². The van der Waals surface area contributed by atoms with Gasteiger partial charge in [0, 0.05) is 29.3 Å². The topological polar surface area (TPSA) is 55.5 Å². The number of halogens is 2. The molecule has 1 saturated heterocycles. The minimum atomic E-state index is -0.216.